The van der Waals surface area contributed by atoms with E-state index in [0.717, 1.165) is 5.56 Å². The van der Waals surface area contributed by atoms with Gasteiger partial charge in [0.25, 0.3) is 0 Å². The van der Waals surface area contributed by atoms with Crippen molar-refractivity contribution >= 4 is 10.0 Å². The summed E-state index contributed by atoms with van der Waals surface area (Å²) >= 11 is 0. The molecule has 1 atom stereocenters. The number of sulfonamides is 1. The summed E-state index contributed by atoms with van der Waals surface area (Å²) in [6.07, 6.45) is 3.15. The molecule has 7 heteroatoms. The minimum Gasteiger partial charge on any atom is -0.326 e. The third-order valence-corrected chi connectivity index (χ3v) is 4.73. The Morgan fingerprint density at radius 1 is 1.29 bits per heavy atom. The van der Waals surface area contributed by atoms with Crippen LogP contribution in [0.2, 0.25) is 0 Å². The maximum absolute atomic E-state index is 13.7. The molecule has 0 radical (unpaired) electrons. The quantitative estimate of drug-likeness (QED) is 0.880. The minimum atomic E-state index is -3.86. The Morgan fingerprint density at radius 2 is 1.95 bits per heavy atom. The molecular weight excluding hydrogens is 293 g/mol. The Balaban J connectivity index is 2.33. The minimum absolute atomic E-state index is 0.0214. The van der Waals surface area contributed by atoms with E-state index in [1.54, 1.807) is 31.5 Å². The van der Waals surface area contributed by atoms with Crippen molar-refractivity contribution in [3.63, 3.8) is 0 Å². The smallest absolute Gasteiger partial charge is 0.241 e. The molecule has 1 aromatic carbocycles. The normalized spacial score (nSPS) is 13.1. The van der Waals surface area contributed by atoms with Crippen molar-refractivity contribution in [3.8, 4) is 0 Å². The van der Waals surface area contributed by atoms with Crippen LogP contribution in [-0.2, 0) is 16.6 Å². The van der Waals surface area contributed by atoms with Gasteiger partial charge in [0.15, 0.2) is 0 Å². The maximum Gasteiger partial charge on any atom is 0.241 e. The molecule has 112 valence electrons. The molecule has 1 heterocycles. The first-order chi connectivity index (χ1) is 9.95. The van der Waals surface area contributed by atoms with Gasteiger partial charge in [-0.15, -0.1) is 0 Å². The summed E-state index contributed by atoms with van der Waals surface area (Å²) in [4.78, 5) is 3.74. The number of hydrogen-bond acceptors (Lipinski definition) is 4. The number of benzene rings is 1. The van der Waals surface area contributed by atoms with Crippen LogP contribution in [0.4, 0.5) is 4.39 Å². The van der Waals surface area contributed by atoms with Crippen molar-refractivity contribution < 1.29 is 12.8 Å². The van der Waals surface area contributed by atoms with Gasteiger partial charge in [0.1, 0.15) is 5.82 Å². The Labute approximate surface area is 123 Å². The number of nitrogens with two attached hydrogens (primary N) is 1. The van der Waals surface area contributed by atoms with E-state index in [1.165, 1.54) is 18.2 Å². The molecule has 0 aliphatic heterocycles. The average molecular weight is 309 g/mol. The molecular formula is C14H16FN3O2S. The zero-order valence-corrected chi connectivity index (χ0v) is 12.3. The Hall–Kier alpha value is -1.83. The predicted octanol–water partition coefficient (Wildman–Crippen LogP) is 1.72. The van der Waals surface area contributed by atoms with Crippen molar-refractivity contribution in [3.05, 3.63) is 59.7 Å². The fourth-order valence-corrected chi connectivity index (χ4v) is 3.50. The molecule has 5 nitrogen and oxygen atoms in total. The topological polar surface area (TPSA) is 85.1 Å². The molecule has 0 saturated heterocycles. The molecule has 2 rings (SSSR count). The van der Waals surface area contributed by atoms with E-state index < -0.39 is 21.9 Å². The van der Waals surface area contributed by atoms with Crippen LogP contribution >= 0.6 is 0 Å². The highest BCUT2D eigenvalue weighted by Crippen LogP contribution is 2.21. The largest absolute Gasteiger partial charge is 0.326 e. The van der Waals surface area contributed by atoms with Gasteiger partial charge >= 0.3 is 0 Å². The molecule has 0 saturated carbocycles. The third-order valence-electron chi connectivity index (χ3n) is 3.11. The molecule has 21 heavy (non-hydrogen) atoms. The van der Waals surface area contributed by atoms with E-state index in [9.17, 15) is 12.8 Å². The van der Waals surface area contributed by atoms with Crippen molar-refractivity contribution in [1.29, 1.82) is 0 Å². The second-order valence-electron chi connectivity index (χ2n) is 4.54. The summed E-state index contributed by atoms with van der Waals surface area (Å²) in [5, 5.41) is 0. The number of aromatic nitrogens is 1. The van der Waals surface area contributed by atoms with Crippen molar-refractivity contribution in [1.82, 2.24) is 9.71 Å². The lowest BCUT2D eigenvalue weighted by atomic mass is 10.1. The van der Waals surface area contributed by atoms with Gasteiger partial charge in [-0.05, 0) is 36.8 Å². The third kappa shape index (κ3) is 3.44. The highest BCUT2D eigenvalue weighted by Gasteiger charge is 2.22. The zero-order chi connectivity index (χ0) is 15.5. The van der Waals surface area contributed by atoms with Gasteiger partial charge in [0.2, 0.25) is 10.0 Å². The lowest BCUT2D eigenvalue weighted by molar-refractivity contribution is 0.559. The standard InChI is InChI=1S/C14H16FN3O2S/c1-10(11-5-7-17-8-6-11)18-21(19,20)14-4-2-3-13(15)12(14)9-16/h2-8,10,18H,9,16H2,1H3. The summed E-state index contributed by atoms with van der Waals surface area (Å²) in [7, 11) is -3.86. The van der Waals surface area contributed by atoms with Gasteiger partial charge in [-0.2, -0.15) is 0 Å². The van der Waals surface area contributed by atoms with Crippen LogP contribution < -0.4 is 10.5 Å². The monoisotopic (exact) mass is 309 g/mol. The van der Waals surface area contributed by atoms with Gasteiger partial charge in [0.05, 0.1) is 4.90 Å². The second-order valence-corrected chi connectivity index (χ2v) is 6.23. The van der Waals surface area contributed by atoms with E-state index in [-0.39, 0.29) is 17.0 Å². The van der Waals surface area contributed by atoms with Gasteiger partial charge in [-0.3, -0.25) is 4.98 Å². The fourth-order valence-electron chi connectivity index (χ4n) is 2.01. The zero-order valence-electron chi connectivity index (χ0n) is 11.5. The Morgan fingerprint density at radius 3 is 2.57 bits per heavy atom. The van der Waals surface area contributed by atoms with Gasteiger partial charge < -0.3 is 5.73 Å². The first-order valence-corrected chi connectivity index (χ1v) is 7.83. The van der Waals surface area contributed by atoms with E-state index in [4.69, 9.17) is 5.73 Å². The molecule has 0 aliphatic rings. The van der Waals surface area contributed by atoms with Crippen molar-refractivity contribution in [2.75, 3.05) is 0 Å². The number of nitrogens with zero attached hydrogens (tertiary/aromatic N) is 1. The van der Waals surface area contributed by atoms with E-state index >= 15 is 0 Å². The lowest BCUT2D eigenvalue weighted by Crippen LogP contribution is -2.28. The van der Waals surface area contributed by atoms with Crippen LogP contribution in [0, 0.1) is 5.82 Å². The molecule has 1 unspecified atom stereocenters. The van der Waals surface area contributed by atoms with E-state index in [0.29, 0.717) is 0 Å². The first-order valence-electron chi connectivity index (χ1n) is 6.35. The summed E-state index contributed by atoms with van der Waals surface area (Å²) in [5.74, 6) is -0.628. The fraction of sp³-hybridized carbons (Fsp3) is 0.214. The number of nitrogens with one attached hydrogen (secondary N) is 1. The first kappa shape index (κ1) is 15.6. The van der Waals surface area contributed by atoms with Crippen LogP contribution in [0.5, 0.6) is 0 Å². The summed E-state index contributed by atoms with van der Waals surface area (Å²) in [6.45, 7) is 1.51. The molecule has 0 bridgehead atoms. The average Bonchev–Trinajstić information content (AvgIpc) is 2.47. The summed E-state index contributed by atoms with van der Waals surface area (Å²) < 4.78 is 41.0. The predicted molar refractivity (Wildman–Crippen MR) is 77.3 cm³/mol. The molecule has 0 spiro atoms. The molecule has 0 amide bonds. The number of halogens is 1. The van der Waals surface area contributed by atoms with Crippen LogP contribution in [0.15, 0.2) is 47.6 Å². The van der Waals surface area contributed by atoms with Gasteiger partial charge in [-0.25, -0.2) is 17.5 Å². The van der Waals surface area contributed by atoms with Crippen LogP contribution in [0.25, 0.3) is 0 Å². The molecule has 3 N–H and O–H groups in total. The number of pyridine rings is 1. The highest BCUT2D eigenvalue weighted by molar-refractivity contribution is 7.89. The summed E-state index contributed by atoms with van der Waals surface area (Å²) in [5.41, 5.74) is 6.19. The van der Waals surface area contributed by atoms with Gasteiger partial charge in [0, 0.05) is 30.5 Å². The highest BCUT2D eigenvalue weighted by atomic mass is 32.2. The van der Waals surface area contributed by atoms with Crippen LogP contribution in [0.1, 0.15) is 24.1 Å². The SMILES string of the molecule is CC(NS(=O)(=O)c1cccc(F)c1CN)c1ccncc1. The molecule has 1 aromatic heterocycles. The maximum atomic E-state index is 13.7. The van der Waals surface area contributed by atoms with Crippen LogP contribution in [0.3, 0.4) is 0 Å². The Bertz CT molecular complexity index is 720. The van der Waals surface area contributed by atoms with E-state index in [2.05, 4.69) is 9.71 Å². The Kier molecular flexibility index (Phi) is 4.66. The van der Waals surface area contributed by atoms with Crippen molar-refractivity contribution in [2.45, 2.75) is 24.4 Å². The molecule has 0 aliphatic carbocycles. The van der Waals surface area contributed by atoms with Crippen LogP contribution in [-0.4, -0.2) is 13.4 Å². The summed E-state index contributed by atoms with van der Waals surface area (Å²) in [6, 6.07) is 6.83. The second kappa shape index (κ2) is 6.30. The van der Waals surface area contributed by atoms with E-state index in [1.807, 2.05) is 0 Å². The number of rotatable bonds is 5. The lowest BCUT2D eigenvalue weighted by Gasteiger charge is -2.16. The number of hydrogen-bond donors (Lipinski definition) is 2. The van der Waals surface area contributed by atoms with Crippen molar-refractivity contribution in [2.24, 2.45) is 5.73 Å². The molecule has 0 fully saturated rings. The molecule has 2 aromatic rings. The van der Waals surface area contributed by atoms with Gasteiger partial charge in [-0.1, -0.05) is 6.07 Å².